The highest BCUT2D eigenvalue weighted by atomic mass is 16.3. The number of aliphatic hydroxyl groups excluding tert-OH is 1. The van der Waals surface area contributed by atoms with E-state index >= 15 is 0 Å². The van der Waals surface area contributed by atoms with E-state index in [1.54, 1.807) is 30.4 Å². The van der Waals surface area contributed by atoms with Gasteiger partial charge in [0.1, 0.15) is 0 Å². The molecule has 0 bridgehead atoms. The van der Waals surface area contributed by atoms with Crippen LogP contribution in [0.3, 0.4) is 0 Å². The summed E-state index contributed by atoms with van der Waals surface area (Å²) in [6.45, 7) is 0.760. The Morgan fingerprint density at radius 2 is 2.10 bits per heavy atom. The summed E-state index contributed by atoms with van der Waals surface area (Å²) in [5, 5.41) is 12.7. The van der Waals surface area contributed by atoms with Crippen molar-refractivity contribution in [3.8, 4) is 0 Å². The van der Waals surface area contributed by atoms with E-state index in [4.69, 9.17) is 0 Å². The van der Waals surface area contributed by atoms with E-state index in [2.05, 4.69) is 15.3 Å². The smallest absolute Gasteiger partial charge is 0.239 e. The Bertz CT molecular complexity index is 426. The first-order valence-corrected chi connectivity index (χ1v) is 7.09. The van der Waals surface area contributed by atoms with Gasteiger partial charge in [0.15, 0.2) is 0 Å². The van der Waals surface area contributed by atoms with E-state index in [1.807, 2.05) is 0 Å². The first-order chi connectivity index (χ1) is 9.66. The Balaban J connectivity index is 1.75. The lowest BCUT2D eigenvalue weighted by molar-refractivity contribution is -0.120. The number of aromatic nitrogens is 2. The summed E-state index contributed by atoms with van der Waals surface area (Å²) in [5.74, 6) is 0.643. The van der Waals surface area contributed by atoms with Crippen molar-refractivity contribution in [2.45, 2.75) is 31.8 Å². The minimum absolute atomic E-state index is 0.0715. The molecule has 2 N–H and O–H groups in total. The van der Waals surface area contributed by atoms with Gasteiger partial charge in [0, 0.05) is 31.9 Å². The van der Waals surface area contributed by atoms with Crippen molar-refractivity contribution in [3.63, 3.8) is 0 Å². The number of likely N-dealkylation sites (N-methyl/N-ethyl adjacent to an activating group) is 1. The molecule has 2 atom stereocenters. The van der Waals surface area contributed by atoms with Crippen LogP contribution in [-0.4, -0.2) is 47.2 Å². The summed E-state index contributed by atoms with van der Waals surface area (Å²) in [6.07, 6.45) is 7.07. The molecule has 0 aliphatic heterocycles. The SMILES string of the molecule is CN(CC(=O)NCC1CCCCC1O)c1ncccn1. The summed E-state index contributed by atoms with van der Waals surface area (Å²) in [4.78, 5) is 21.8. The molecule has 1 aromatic rings. The van der Waals surface area contributed by atoms with Gasteiger partial charge < -0.3 is 15.3 Å². The van der Waals surface area contributed by atoms with Crippen molar-refractivity contribution in [1.29, 1.82) is 0 Å². The van der Waals surface area contributed by atoms with Gasteiger partial charge >= 0.3 is 0 Å². The average Bonchev–Trinajstić information content (AvgIpc) is 2.47. The van der Waals surface area contributed by atoms with Crippen molar-refractivity contribution in [3.05, 3.63) is 18.5 Å². The summed E-state index contributed by atoms with van der Waals surface area (Å²) in [5.41, 5.74) is 0. The Labute approximate surface area is 119 Å². The van der Waals surface area contributed by atoms with Gasteiger partial charge in [0.05, 0.1) is 12.6 Å². The molecular weight excluding hydrogens is 256 g/mol. The van der Waals surface area contributed by atoms with Gasteiger partial charge in [-0.2, -0.15) is 0 Å². The van der Waals surface area contributed by atoms with Crippen molar-refractivity contribution < 1.29 is 9.90 Å². The normalized spacial score (nSPS) is 22.3. The standard InChI is InChI=1S/C14H22N4O2/c1-18(14-15-7-4-8-16-14)10-13(20)17-9-11-5-2-3-6-12(11)19/h4,7-8,11-12,19H,2-3,5-6,9-10H2,1H3,(H,17,20). The van der Waals surface area contributed by atoms with Crippen LogP contribution in [0.4, 0.5) is 5.95 Å². The van der Waals surface area contributed by atoms with Gasteiger partial charge in [-0.15, -0.1) is 0 Å². The molecule has 0 spiro atoms. The third-order valence-electron chi connectivity index (χ3n) is 3.70. The third kappa shape index (κ3) is 4.16. The number of nitrogens with one attached hydrogen (secondary N) is 1. The van der Waals surface area contributed by atoms with E-state index in [-0.39, 0.29) is 24.5 Å². The van der Waals surface area contributed by atoms with E-state index in [1.165, 1.54) is 0 Å². The molecule has 0 saturated heterocycles. The monoisotopic (exact) mass is 278 g/mol. The molecule has 110 valence electrons. The Morgan fingerprint density at radius 3 is 2.80 bits per heavy atom. The minimum Gasteiger partial charge on any atom is -0.393 e. The lowest BCUT2D eigenvalue weighted by Crippen LogP contribution is -2.41. The highest BCUT2D eigenvalue weighted by molar-refractivity contribution is 5.80. The topological polar surface area (TPSA) is 78.4 Å². The van der Waals surface area contributed by atoms with Crippen LogP contribution < -0.4 is 10.2 Å². The largest absolute Gasteiger partial charge is 0.393 e. The van der Waals surface area contributed by atoms with Crippen LogP contribution in [0.2, 0.25) is 0 Å². The Kier molecular flexibility index (Phi) is 5.29. The minimum atomic E-state index is -0.278. The first-order valence-electron chi connectivity index (χ1n) is 7.09. The molecule has 1 amide bonds. The number of carbonyl (C=O) groups is 1. The summed E-state index contributed by atoms with van der Waals surface area (Å²) in [7, 11) is 1.78. The maximum Gasteiger partial charge on any atom is 0.239 e. The lowest BCUT2D eigenvalue weighted by atomic mass is 9.86. The highest BCUT2D eigenvalue weighted by Crippen LogP contribution is 2.23. The molecule has 1 aliphatic rings. The zero-order valence-corrected chi connectivity index (χ0v) is 11.8. The van der Waals surface area contributed by atoms with Crippen LogP contribution >= 0.6 is 0 Å². The third-order valence-corrected chi connectivity index (χ3v) is 3.70. The molecule has 0 aromatic carbocycles. The van der Waals surface area contributed by atoms with Crippen molar-refractivity contribution in [2.75, 3.05) is 25.0 Å². The lowest BCUT2D eigenvalue weighted by Gasteiger charge is -2.27. The van der Waals surface area contributed by atoms with Crippen LogP contribution in [0.1, 0.15) is 25.7 Å². The predicted molar refractivity (Wildman–Crippen MR) is 76.3 cm³/mol. The van der Waals surface area contributed by atoms with Gasteiger partial charge in [-0.25, -0.2) is 9.97 Å². The maximum atomic E-state index is 11.9. The number of anilines is 1. The molecule has 1 aromatic heterocycles. The van der Waals surface area contributed by atoms with Crippen LogP contribution in [0.5, 0.6) is 0 Å². The van der Waals surface area contributed by atoms with Gasteiger partial charge in [-0.05, 0) is 18.9 Å². The van der Waals surface area contributed by atoms with Gasteiger partial charge in [-0.1, -0.05) is 12.8 Å². The Hall–Kier alpha value is -1.69. The second-order valence-corrected chi connectivity index (χ2v) is 5.32. The number of hydrogen-bond donors (Lipinski definition) is 2. The van der Waals surface area contributed by atoms with Crippen LogP contribution in [0.25, 0.3) is 0 Å². The maximum absolute atomic E-state index is 11.9. The van der Waals surface area contributed by atoms with Gasteiger partial charge in [-0.3, -0.25) is 4.79 Å². The number of amides is 1. The molecular formula is C14H22N4O2. The molecule has 2 rings (SSSR count). The average molecular weight is 278 g/mol. The molecule has 1 aliphatic carbocycles. The van der Waals surface area contributed by atoms with Crippen molar-refractivity contribution >= 4 is 11.9 Å². The number of rotatable bonds is 5. The van der Waals surface area contributed by atoms with Crippen LogP contribution in [-0.2, 0) is 4.79 Å². The number of hydrogen-bond acceptors (Lipinski definition) is 5. The first kappa shape index (κ1) is 14.7. The summed E-state index contributed by atoms with van der Waals surface area (Å²) < 4.78 is 0. The van der Waals surface area contributed by atoms with E-state index in [9.17, 15) is 9.90 Å². The van der Waals surface area contributed by atoms with Crippen molar-refractivity contribution in [1.82, 2.24) is 15.3 Å². The highest BCUT2D eigenvalue weighted by Gasteiger charge is 2.23. The van der Waals surface area contributed by atoms with E-state index in [0.29, 0.717) is 12.5 Å². The molecule has 6 heteroatoms. The van der Waals surface area contributed by atoms with Crippen molar-refractivity contribution in [2.24, 2.45) is 5.92 Å². The quantitative estimate of drug-likeness (QED) is 0.824. The number of carbonyl (C=O) groups excluding carboxylic acids is 1. The van der Waals surface area contributed by atoms with E-state index < -0.39 is 0 Å². The molecule has 20 heavy (non-hydrogen) atoms. The van der Waals surface area contributed by atoms with Crippen LogP contribution in [0.15, 0.2) is 18.5 Å². The fourth-order valence-corrected chi connectivity index (χ4v) is 2.50. The zero-order chi connectivity index (χ0) is 14.4. The molecule has 2 unspecified atom stereocenters. The molecule has 1 heterocycles. The molecule has 1 saturated carbocycles. The fourth-order valence-electron chi connectivity index (χ4n) is 2.50. The summed E-state index contributed by atoms with van der Waals surface area (Å²) in [6, 6.07) is 1.74. The van der Waals surface area contributed by atoms with E-state index in [0.717, 1.165) is 25.7 Å². The molecule has 6 nitrogen and oxygen atoms in total. The van der Waals surface area contributed by atoms with Gasteiger partial charge in [0.25, 0.3) is 0 Å². The van der Waals surface area contributed by atoms with Gasteiger partial charge in [0.2, 0.25) is 11.9 Å². The number of nitrogens with zero attached hydrogens (tertiary/aromatic N) is 3. The Morgan fingerprint density at radius 1 is 1.40 bits per heavy atom. The second kappa shape index (κ2) is 7.19. The number of aliphatic hydroxyl groups is 1. The molecule has 1 fully saturated rings. The fraction of sp³-hybridized carbons (Fsp3) is 0.643. The summed E-state index contributed by atoms with van der Waals surface area (Å²) >= 11 is 0. The molecule has 0 radical (unpaired) electrons. The van der Waals surface area contributed by atoms with Crippen LogP contribution in [0, 0.1) is 5.92 Å². The zero-order valence-electron chi connectivity index (χ0n) is 11.8. The second-order valence-electron chi connectivity index (χ2n) is 5.32. The predicted octanol–water partition coefficient (Wildman–Crippen LogP) is 0.580.